The van der Waals surface area contributed by atoms with Gasteiger partial charge in [0.05, 0.1) is 0 Å². The Balaban J connectivity index is 2.43. The zero-order valence-electron chi connectivity index (χ0n) is 27.5. The molecule has 0 amide bonds. The van der Waals surface area contributed by atoms with Crippen LogP contribution in [-0.2, 0) is 25.3 Å². The third-order valence-corrected chi connectivity index (χ3v) is 7.71. The van der Waals surface area contributed by atoms with Gasteiger partial charge < -0.3 is 28.4 Å². The van der Waals surface area contributed by atoms with Gasteiger partial charge in [-0.25, -0.2) is 14.4 Å². The smallest absolute Gasteiger partial charge is 0.209 e. The van der Waals surface area contributed by atoms with Crippen LogP contribution in [0.15, 0.2) is 88.1 Å². The highest BCUT2D eigenvalue weighted by Gasteiger charge is 2.39. The van der Waals surface area contributed by atoms with Crippen LogP contribution in [0, 0.1) is 0 Å². The van der Waals surface area contributed by atoms with Gasteiger partial charge in [-0.15, -0.1) is 0 Å². The molecule has 0 saturated carbocycles. The number of hydrogen-bond donors (Lipinski definition) is 0. The molecule has 0 saturated heterocycles. The summed E-state index contributed by atoms with van der Waals surface area (Å²) in [6.45, 7) is 17.2. The van der Waals surface area contributed by atoms with Crippen molar-refractivity contribution in [2.24, 2.45) is 0 Å². The van der Waals surface area contributed by atoms with E-state index in [2.05, 4.69) is 0 Å². The highest BCUT2D eigenvalue weighted by atomic mass is 32.2. The summed E-state index contributed by atoms with van der Waals surface area (Å²) in [4.78, 5) is 35.6. The third kappa shape index (κ3) is 10.7. The van der Waals surface area contributed by atoms with Crippen molar-refractivity contribution in [3.63, 3.8) is 0 Å². The standard InChI is InChI=1S/C36H39O9S/c1-34(2,3)43-25-10-13-31(28(22-25)40-19-16-37)46(32-14-11-26(44-35(4,5)6)23-29(32)41-20-17-38)33-15-12-27(45-36(7,8)9)24-30(33)42-21-18-39/h10-15,19-24H,1-9H3/q+1. The quantitative estimate of drug-likeness (QED) is 0.112. The summed E-state index contributed by atoms with van der Waals surface area (Å²) in [6.07, 6.45) is 2.71. The molecule has 9 nitrogen and oxygen atoms in total. The monoisotopic (exact) mass is 647 g/mol. The van der Waals surface area contributed by atoms with Crippen LogP contribution in [0.1, 0.15) is 62.3 Å². The predicted molar refractivity (Wildman–Crippen MR) is 175 cm³/mol. The third-order valence-electron chi connectivity index (χ3n) is 5.38. The molecule has 3 aromatic carbocycles. The maximum absolute atomic E-state index is 11.3. The normalized spacial score (nSPS) is 11.9. The molecule has 46 heavy (non-hydrogen) atoms. The molecule has 0 unspecified atom stereocenters. The lowest BCUT2D eigenvalue weighted by atomic mass is 10.2. The molecule has 0 N–H and O–H groups in total. The summed E-state index contributed by atoms with van der Waals surface area (Å²) in [5.41, 5.74) is -1.55. The molecular weight excluding hydrogens is 608 g/mol. The van der Waals surface area contributed by atoms with Crippen LogP contribution in [0.3, 0.4) is 0 Å². The van der Waals surface area contributed by atoms with Crippen LogP contribution < -0.4 is 28.4 Å². The Bertz CT molecular complexity index is 1470. The minimum absolute atomic E-state index is 0.284. The topological polar surface area (TPSA) is 107 Å². The largest absolute Gasteiger partial charge is 0.488 e. The van der Waals surface area contributed by atoms with E-state index in [1.54, 1.807) is 72.4 Å². The zero-order valence-corrected chi connectivity index (χ0v) is 28.3. The van der Waals surface area contributed by atoms with E-state index in [1.807, 2.05) is 62.3 Å². The minimum atomic E-state index is -1.15. The van der Waals surface area contributed by atoms with Gasteiger partial charge in [-0.2, -0.15) is 0 Å². The summed E-state index contributed by atoms with van der Waals surface area (Å²) in [7, 11) is -1.15. The number of carbonyl (C=O) groups excluding carboxylic acids is 3. The van der Waals surface area contributed by atoms with E-state index < -0.39 is 27.7 Å². The van der Waals surface area contributed by atoms with Crippen molar-refractivity contribution in [3.8, 4) is 34.5 Å². The van der Waals surface area contributed by atoms with Crippen LogP contribution in [0.2, 0.25) is 0 Å². The maximum atomic E-state index is 11.3. The molecule has 0 spiro atoms. The van der Waals surface area contributed by atoms with Crippen LogP contribution in [-0.4, -0.2) is 34.6 Å². The van der Waals surface area contributed by atoms with Crippen molar-refractivity contribution in [1.29, 1.82) is 0 Å². The molecule has 0 aliphatic heterocycles. The Morgan fingerprint density at radius 3 is 0.957 bits per heavy atom. The van der Waals surface area contributed by atoms with E-state index in [0.717, 1.165) is 18.8 Å². The van der Waals surface area contributed by atoms with Crippen molar-refractivity contribution < 1.29 is 42.8 Å². The van der Waals surface area contributed by atoms with Crippen molar-refractivity contribution in [2.45, 2.75) is 93.8 Å². The molecular formula is C36H39O9S+. The van der Waals surface area contributed by atoms with E-state index in [9.17, 15) is 14.4 Å². The zero-order chi connectivity index (χ0) is 34.1. The van der Waals surface area contributed by atoms with Crippen LogP contribution >= 0.6 is 0 Å². The Morgan fingerprint density at radius 1 is 0.478 bits per heavy atom. The van der Waals surface area contributed by atoms with E-state index in [4.69, 9.17) is 28.4 Å². The van der Waals surface area contributed by atoms with Crippen molar-refractivity contribution in [3.05, 3.63) is 73.4 Å². The Morgan fingerprint density at radius 2 is 0.739 bits per heavy atom. The van der Waals surface area contributed by atoms with Gasteiger partial charge in [-0.05, 0) is 80.5 Å². The van der Waals surface area contributed by atoms with E-state index in [0.29, 0.717) is 31.9 Å². The summed E-state index contributed by atoms with van der Waals surface area (Å²) < 4.78 is 35.6. The number of rotatable bonds is 12. The minimum Gasteiger partial charge on any atom is -0.488 e. The van der Waals surface area contributed by atoms with Gasteiger partial charge in [0.25, 0.3) is 0 Å². The van der Waals surface area contributed by atoms with Gasteiger partial charge in [-0.3, -0.25) is 0 Å². The second kappa shape index (κ2) is 15.0. The Kier molecular flexibility index (Phi) is 11.6. The lowest BCUT2D eigenvalue weighted by Gasteiger charge is -2.23. The highest BCUT2D eigenvalue weighted by Crippen LogP contribution is 2.47. The lowest BCUT2D eigenvalue weighted by molar-refractivity contribution is 0.130. The van der Waals surface area contributed by atoms with Crippen LogP contribution in [0.4, 0.5) is 0 Å². The van der Waals surface area contributed by atoms with Gasteiger partial charge in [0.15, 0.2) is 53.9 Å². The predicted octanol–water partition coefficient (Wildman–Crippen LogP) is 7.49. The molecule has 242 valence electrons. The molecule has 0 bridgehead atoms. The van der Waals surface area contributed by atoms with E-state index in [-0.39, 0.29) is 17.2 Å². The molecule has 0 radical (unpaired) electrons. The van der Waals surface area contributed by atoms with Crippen LogP contribution in [0.25, 0.3) is 0 Å². The average Bonchev–Trinajstić information content (AvgIpc) is 2.93. The SMILES string of the molecule is CC(C)(C)Oc1ccc([S+](c2ccc(OC(C)(C)C)cc2OC=C=O)c2ccc(OC(C)(C)C)cc2OC=C=O)c(OC=C=O)c1. The summed E-state index contributed by atoms with van der Waals surface area (Å²) in [5.74, 6) is 7.31. The van der Waals surface area contributed by atoms with Gasteiger partial charge in [0, 0.05) is 36.4 Å². The molecule has 3 rings (SSSR count). The first kappa shape index (κ1) is 35.6. The fraction of sp³-hybridized carbons (Fsp3) is 0.333. The number of ether oxygens (including phenoxy) is 6. The second-order valence-electron chi connectivity index (χ2n) is 12.8. The second-order valence-corrected chi connectivity index (χ2v) is 14.8. The van der Waals surface area contributed by atoms with Crippen molar-refractivity contribution in [2.75, 3.05) is 0 Å². The van der Waals surface area contributed by atoms with Gasteiger partial charge in [-0.1, -0.05) is 0 Å². The number of hydrogen-bond acceptors (Lipinski definition) is 9. The van der Waals surface area contributed by atoms with Crippen molar-refractivity contribution in [1.82, 2.24) is 0 Å². The van der Waals surface area contributed by atoms with Gasteiger partial charge in [0.1, 0.15) is 44.9 Å². The summed E-state index contributed by atoms with van der Waals surface area (Å²) in [6, 6.07) is 15.8. The number of benzene rings is 3. The average molecular weight is 648 g/mol. The van der Waals surface area contributed by atoms with Gasteiger partial charge >= 0.3 is 0 Å². The van der Waals surface area contributed by atoms with Crippen LogP contribution in [0.5, 0.6) is 34.5 Å². The molecule has 0 heterocycles. The van der Waals surface area contributed by atoms with Crippen molar-refractivity contribution >= 4 is 28.7 Å². The maximum Gasteiger partial charge on any atom is 0.209 e. The first-order valence-corrected chi connectivity index (χ1v) is 15.6. The fourth-order valence-electron chi connectivity index (χ4n) is 4.12. The highest BCUT2D eigenvalue weighted by molar-refractivity contribution is 7.97. The molecule has 3 aromatic rings. The first-order valence-electron chi connectivity index (χ1n) is 14.3. The summed E-state index contributed by atoms with van der Waals surface area (Å²) >= 11 is 0. The Labute approximate surface area is 272 Å². The Hall–Kier alpha value is -4.84. The molecule has 0 atom stereocenters. The van der Waals surface area contributed by atoms with E-state index in [1.165, 1.54) is 0 Å². The first-order chi connectivity index (χ1) is 21.5. The molecule has 10 heteroatoms. The molecule has 0 fully saturated rings. The van der Waals surface area contributed by atoms with E-state index >= 15 is 0 Å². The van der Waals surface area contributed by atoms with Gasteiger partial charge in [0.2, 0.25) is 14.7 Å². The fourth-order valence-corrected chi connectivity index (χ4v) is 6.36. The lowest BCUT2D eigenvalue weighted by Crippen LogP contribution is -2.23. The summed E-state index contributed by atoms with van der Waals surface area (Å²) in [5, 5.41) is 0. The molecule has 0 aliphatic carbocycles. The molecule has 0 aromatic heterocycles. The molecule has 0 aliphatic rings.